The Bertz CT molecular complexity index is 1760. The van der Waals surface area contributed by atoms with Gasteiger partial charge in [0, 0.05) is 16.7 Å². The molecule has 4 aromatic rings. The van der Waals surface area contributed by atoms with Crippen LogP contribution in [0.4, 0.5) is 13.9 Å². The molecule has 9 nitrogen and oxygen atoms in total. The van der Waals surface area contributed by atoms with Crippen LogP contribution in [0.3, 0.4) is 0 Å². The third kappa shape index (κ3) is 4.55. The van der Waals surface area contributed by atoms with E-state index in [1.807, 2.05) is 0 Å². The quantitative estimate of drug-likeness (QED) is 0.250. The van der Waals surface area contributed by atoms with E-state index in [0.717, 1.165) is 17.4 Å². The number of primary amides is 1. The van der Waals surface area contributed by atoms with Gasteiger partial charge in [-0.05, 0) is 62.1 Å². The molecule has 3 heterocycles. The topological polar surface area (TPSA) is 153 Å². The Kier molecular flexibility index (Phi) is 6.40. The van der Waals surface area contributed by atoms with Crippen LogP contribution < -0.4 is 21.5 Å². The van der Waals surface area contributed by atoms with Gasteiger partial charge in [0.1, 0.15) is 40.4 Å². The SMILES string of the molecule is C[C@]1(C(N)=O)COc2c1cc(C(O)(CNC(=O)c1cc(F)c3nc(N)sc3c1)C1CC1)nc2-c1ccc(F)c(Cl)c1. The molecule has 6 rings (SSSR count). The molecule has 212 valence electrons. The summed E-state index contributed by atoms with van der Waals surface area (Å²) >= 11 is 7.10. The van der Waals surface area contributed by atoms with Crippen LogP contribution in [0, 0.1) is 17.6 Å². The number of thiazole rings is 1. The van der Waals surface area contributed by atoms with Crippen molar-refractivity contribution in [3.63, 3.8) is 0 Å². The molecule has 2 amide bonds. The summed E-state index contributed by atoms with van der Waals surface area (Å²) in [6.07, 6.45) is 1.32. The van der Waals surface area contributed by atoms with E-state index in [2.05, 4.69) is 10.3 Å². The maximum absolute atomic E-state index is 14.6. The number of carbonyl (C=O) groups is 2. The van der Waals surface area contributed by atoms with E-state index in [1.54, 1.807) is 13.0 Å². The highest BCUT2D eigenvalue weighted by Gasteiger charge is 2.50. The van der Waals surface area contributed by atoms with Crippen molar-refractivity contribution in [3.05, 3.63) is 69.9 Å². The maximum Gasteiger partial charge on any atom is 0.251 e. The summed E-state index contributed by atoms with van der Waals surface area (Å²) in [5, 5.41) is 14.8. The Hall–Kier alpha value is -3.87. The number of nitrogens with one attached hydrogen (secondary N) is 1. The smallest absolute Gasteiger partial charge is 0.251 e. The Morgan fingerprint density at radius 3 is 2.66 bits per heavy atom. The number of hydrogen-bond acceptors (Lipinski definition) is 8. The van der Waals surface area contributed by atoms with Crippen molar-refractivity contribution in [1.82, 2.24) is 15.3 Å². The predicted molar refractivity (Wildman–Crippen MR) is 150 cm³/mol. The lowest BCUT2D eigenvalue weighted by molar-refractivity contribution is -0.123. The first-order valence-electron chi connectivity index (χ1n) is 12.7. The monoisotopic (exact) mass is 599 g/mol. The second kappa shape index (κ2) is 9.61. The van der Waals surface area contributed by atoms with E-state index in [4.69, 9.17) is 32.8 Å². The van der Waals surface area contributed by atoms with Crippen molar-refractivity contribution in [2.75, 3.05) is 18.9 Å². The van der Waals surface area contributed by atoms with E-state index < -0.39 is 34.5 Å². The average molecular weight is 600 g/mol. The summed E-state index contributed by atoms with van der Waals surface area (Å²) in [4.78, 5) is 34.3. The third-order valence-electron chi connectivity index (χ3n) is 7.75. The summed E-state index contributed by atoms with van der Waals surface area (Å²) in [5.74, 6) is -2.56. The van der Waals surface area contributed by atoms with Crippen LogP contribution in [-0.2, 0) is 15.8 Å². The van der Waals surface area contributed by atoms with Gasteiger partial charge in [0.05, 0.1) is 22.0 Å². The average Bonchev–Trinajstić information content (AvgIpc) is 3.64. The van der Waals surface area contributed by atoms with Gasteiger partial charge in [-0.25, -0.2) is 18.7 Å². The van der Waals surface area contributed by atoms with E-state index >= 15 is 0 Å². The molecule has 0 radical (unpaired) electrons. The Balaban J connectivity index is 1.41. The van der Waals surface area contributed by atoms with E-state index in [-0.39, 0.29) is 57.4 Å². The zero-order valence-corrected chi connectivity index (χ0v) is 23.2. The fourth-order valence-electron chi connectivity index (χ4n) is 5.11. The molecule has 1 saturated carbocycles. The van der Waals surface area contributed by atoms with Gasteiger partial charge >= 0.3 is 0 Å². The van der Waals surface area contributed by atoms with Crippen LogP contribution in [0.2, 0.25) is 5.02 Å². The molecule has 1 aliphatic heterocycles. The number of nitrogens with zero attached hydrogens (tertiary/aromatic N) is 2. The van der Waals surface area contributed by atoms with Crippen LogP contribution in [-0.4, -0.2) is 40.0 Å². The number of hydrogen-bond donors (Lipinski definition) is 4. The van der Waals surface area contributed by atoms with E-state index in [1.165, 1.54) is 24.3 Å². The standard InChI is InChI=1S/C28H24ClF2N5O4S/c1-27(25(32)38)11-40-23-15(27)9-20(35-21(23)12-2-5-17(30)16(29)6-12)28(39,14-3-4-14)10-34-24(37)13-7-18(31)22-19(8-13)41-26(33)36-22/h2,5-9,14,39H,3-4,10-11H2,1H3,(H2,32,38)(H2,33,36)(H,34,37)/t27-,28?/m0/s1. The van der Waals surface area contributed by atoms with Crippen LogP contribution in [0.5, 0.6) is 5.75 Å². The van der Waals surface area contributed by atoms with Crippen molar-refractivity contribution < 1.29 is 28.2 Å². The molecule has 0 spiro atoms. The lowest BCUT2D eigenvalue weighted by atomic mass is 9.81. The van der Waals surface area contributed by atoms with Crippen LogP contribution in [0.15, 0.2) is 36.4 Å². The van der Waals surface area contributed by atoms with Gasteiger partial charge in [-0.15, -0.1) is 0 Å². The van der Waals surface area contributed by atoms with Gasteiger partial charge < -0.3 is 26.6 Å². The Morgan fingerprint density at radius 1 is 1.22 bits per heavy atom. The minimum absolute atomic E-state index is 0.0371. The summed E-state index contributed by atoms with van der Waals surface area (Å²) in [6, 6.07) is 8.13. The maximum atomic E-state index is 14.6. The fourth-order valence-corrected chi connectivity index (χ4v) is 6.08. The minimum atomic E-state index is -1.66. The van der Waals surface area contributed by atoms with Gasteiger partial charge in [0.2, 0.25) is 5.91 Å². The predicted octanol–water partition coefficient (Wildman–Crippen LogP) is 4.04. The lowest BCUT2D eigenvalue weighted by Gasteiger charge is -2.30. The molecule has 2 aromatic carbocycles. The van der Waals surface area contributed by atoms with Crippen molar-refractivity contribution in [2.24, 2.45) is 11.7 Å². The lowest BCUT2D eigenvalue weighted by Crippen LogP contribution is -2.44. The number of benzene rings is 2. The first kappa shape index (κ1) is 27.3. The first-order chi connectivity index (χ1) is 19.4. The Morgan fingerprint density at radius 2 is 1.98 bits per heavy atom. The molecule has 41 heavy (non-hydrogen) atoms. The van der Waals surface area contributed by atoms with E-state index in [0.29, 0.717) is 28.7 Å². The van der Waals surface area contributed by atoms with Gasteiger partial charge in [0.15, 0.2) is 10.9 Å². The second-order valence-corrected chi connectivity index (χ2v) is 12.1. The van der Waals surface area contributed by atoms with Crippen LogP contribution in [0.25, 0.3) is 21.5 Å². The molecule has 6 N–H and O–H groups in total. The van der Waals surface area contributed by atoms with Gasteiger partial charge in [-0.3, -0.25) is 9.59 Å². The van der Waals surface area contributed by atoms with Crippen molar-refractivity contribution in [2.45, 2.75) is 30.8 Å². The number of anilines is 1. The molecule has 2 atom stereocenters. The zero-order valence-electron chi connectivity index (χ0n) is 21.6. The molecule has 1 aliphatic carbocycles. The van der Waals surface area contributed by atoms with Gasteiger partial charge in [-0.2, -0.15) is 0 Å². The summed E-state index contributed by atoms with van der Waals surface area (Å²) < 4.78 is 34.9. The number of fused-ring (bicyclic) bond motifs is 2. The molecule has 1 unspecified atom stereocenters. The fraction of sp³-hybridized carbons (Fsp3) is 0.286. The van der Waals surface area contributed by atoms with E-state index in [9.17, 15) is 23.5 Å². The summed E-state index contributed by atoms with van der Waals surface area (Å²) in [7, 11) is 0. The largest absolute Gasteiger partial charge is 0.489 e. The second-order valence-electron chi connectivity index (χ2n) is 10.6. The molecule has 13 heteroatoms. The number of carbonyl (C=O) groups excluding carboxylic acids is 2. The van der Waals surface area contributed by atoms with Gasteiger partial charge in [-0.1, -0.05) is 22.9 Å². The molecular formula is C28H24ClF2N5O4S. The third-order valence-corrected chi connectivity index (χ3v) is 8.87. The molecular weight excluding hydrogens is 576 g/mol. The number of ether oxygens (including phenoxy) is 1. The number of pyridine rings is 1. The van der Waals surface area contributed by atoms with Crippen LogP contribution >= 0.6 is 22.9 Å². The van der Waals surface area contributed by atoms with Gasteiger partial charge in [0.25, 0.3) is 5.91 Å². The highest BCUT2D eigenvalue weighted by atomic mass is 35.5. The molecule has 2 aliphatic rings. The Labute approximate surface area is 241 Å². The zero-order chi connectivity index (χ0) is 29.3. The number of amides is 2. The normalized spacial score (nSPS) is 19.4. The van der Waals surface area contributed by atoms with Crippen molar-refractivity contribution in [1.29, 1.82) is 0 Å². The molecule has 0 saturated heterocycles. The number of nitrogens with two attached hydrogens (primary N) is 2. The summed E-state index contributed by atoms with van der Waals surface area (Å²) in [5.41, 5.74) is 9.88. The number of halogens is 3. The number of aromatic nitrogens is 2. The van der Waals surface area contributed by atoms with Crippen molar-refractivity contribution in [3.8, 4) is 17.0 Å². The molecule has 2 aromatic heterocycles. The minimum Gasteiger partial charge on any atom is -0.489 e. The van der Waals surface area contributed by atoms with Crippen molar-refractivity contribution >= 4 is 50.1 Å². The number of nitrogen functional groups attached to an aromatic ring is 1. The highest BCUT2D eigenvalue weighted by Crippen LogP contribution is 2.50. The van der Waals surface area contributed by atoms with Crippen LogP contribution in [0.1, 0.15) is 41.4 Å². The highest BCUT2D eigenvalue weighted by molar-refractivity contribution is 7.22. The number of rotatable bonds is 7. The number of aliphatic hydroxyl groups is 1. The first-order valence-corrected chi connectivity index (χ1v) is 13.9. The molecule has 1 fully saturated rings. The molecule has 0 bridgehead atoms. The summed E-state index contributed by atoms with van der Waals surface area (Å²) in [6.45, 7) is 1.31.